The van der Waals surface area contributed by atoms with Gasteiger partial charge in [0, 0.05) is 18.5 Å². The number of carbonyl (C=O) groups excluding carboxylic acids is 1. The Balaban J connectivity index is 2.74. The van der Waals surface area contributed by atoms with Gasteiger partial charge in [0.25, 0.3) is 5.91 Å². The second kappa shape index (κ2) is 5.26. The molecule has 1 aromatic heterocycles. The second-order valence-corrected chi connectivity index (χ2v) is 4.23. The van der Waals surface area contributed by atoms with Gasteiger partial charge < -0.3 is 4.90 Å². The number of nitrogens with zero attached hydrogens (tertiary/aromatic N) is 3. The molecule has 1 rings (SSSR count). The third-order valence-corrected chi connectivity index (χ3v) is 2.60. The van der Waals surface area contributed by atoms with Crippen molar-refractivity contribution in [2.75, 3.05) is 12.4 Å². The molecule has 0 aromatic carbocycles. The second-order valence-electron chi connectivity index (χ2n) is 3.06. The molecule has 0 aliphatic carbocycles. The first-order chi connectivity index (χ1) is 6.66. The summed E-state index contributed by atoms with van der Waals surface area (Å²) in [4.78, 5) is 14.1. The van der Waals surface area contributed by atoms with Crippen LogP contribution in [0.15, 0.2) is 6.20 Å². The normalized spacial score (nSPS) is 10.6. The topological polar surface area (TPSA) is 46.1 Å². The molecule has 6 heteroatoms. The Bertz CT molecular complexity index is 289. The molecule has 0 fully saturated rings. The van der Waals surface area contributed by atoms with Gasteiger partial charge in [0.05, 0.1) is 6.20 Å². The first-order valence-corrected chi connectivity index (χ1v) is 5.62. The van der Waals surface area contributed by atoms with Crippen LogP contribution in [0.5, 0.6) is 0 Å². The molecule has 1 heterocycles. The van der Waals surface area contributed by atoms with Gasteiger partial charge in [0.1, 0.15) is 4.88 Å². The predicted molar refractivity (Wildman–Crippen MR) is 56.8 cm³/mol. The number of aromatic nitrogens is 2. The number of halogens is 1. The highest BCUT2D eigenvalue weighted by Crippen LogP contribution is 2.10. The maximum atomic E-state index is 11.8. The third kappa shape index (κ3) is 2.65. The molecule has 1 aromatic rings. The van der Waals surface area contributed by atoms with Crippen molar-refractivity contribution in [3.8, 4) is 0 Å². The van der Waals surface area contributed by atoms with Gasteiger partial charge >= 0.3 is 0 Å². The lowest BCUT2D eigenvalue weighted by Gasteiger charge is -2.24. The zero-order valence-corrected chi connectivity index (χ0v) is 9.68. The molecular weight excluding hydrogens is 222 g/mol. The molecule has 0 unspecified atom stereocenters. The van der Waals surface area contributed by atoms with Gasteiger partial charge in [-0.2, -0.15) is 0 Å². The molecule has 0 saturated heterocycles. The zero-order valence-electron chi connectivity index (χ0n) is 8.11. The molecule has 0 N–H and O–H groups in total. The van der Waals surface area contributed by atoms with E-state index in [0.717, 1.165) is 11.5 Å². The minimum absolute atomic E-state index is 0.0457. The molecule has 78 valence electrons. The van der Waals surface area contributed by atoms with Crippen LogP contribution < -0.4 is 0 Å². The summed E-state index contributed by atoms with van der Waals surface area (Å²) in [5.41, 5.74) is 0. The Kier molecular flexibility index (Phi) is 4.28. The van der Waals surface area contributed by atoms with E-state index < -0.39 is 0 Å². The Hall–Kier alpha value is -0.680. The van der Waals surface area contributed by atoms with Crippen LogP contribution in [0.2, 0.25) is 0 Å². The Morgan fingerprint density at radius 3 is 2.86 bits per heavy atom. The van der Waals surface area contributed by atoms with Crippen LogP contribution in [-0.2, 0) is 0 Å². The summed E-state index contributed by atoms with van der Waals surface area (Å²) < 4.78 is 3.66. The highest BCUT2D eigenvalue weighted by Gasteiger charge is 2.19. The van der Waals surface area contributed by atoms with Crippen LogP contribution in [0.25, 0.3) is 0 Å². The SMILES string of the molecule is CC(C)N(CCCl)C(=O)c1cnns1. The number of alkyl halides is 1. The molecule has 0 radical (unpaired) electrons. The van der Waals surface area contributed by atoms with E-state index in [9.17, 15) is 4.79 Å². The van der Waals surface area contributed by atoms with Crippen molar-refractivity contribution < 1.29 is 4.79 Å². The molecule has 14 heavy (non-hydrogen) atoms. The van der Waals surface area contributed by atoms with E-state index in [1.807, 2.05) is 13.8 Å². The summed E-state index contributed by atoms with van der Waals surface area (Å²) in [5.74, 6) is 0.395. The summed E-state index contributed by atoms with van der Waals surface area (Å²) in [5, 5.41) is 3.63. The van der Waals surface area contributed by atoms with Gasteiger partial charge in [-0.25, -0.2) is 0 Å². The van der Waals surface area contributed by atoms with Crippen molar-refractivity contribution in [3.63, 3.8) is 0 Å². The largest absolute Gasteiger partial charge is 0.334 e. The lowest BCUT2D eigenvalue weighted by Crippen LogP contribution is -2.37. The minimum atomic E-state index is -0.0457. The molecule has 1 amide bonds. The van der Waals surface area contributed by atoms with Crippen molar-refractivity contribution in [2.45, 2.75) is 19.9 Å². The van der Waals surface area contributed by atoms with Gasteiger partial charge in [-0.3, -0.25) is 4.79 Å². The lowest BCUT2D eigenvalue weighted by atomic mass is 10.3. The fourth-order valence-electron chi connectivity index (χ4n) is 1.09. The highest BCUT2D eigenvalue weighted by atomic mass is 35.5. The number of hydrogen-bond acceptors (Lipinski definition) is 4. The van der Waals surface area contributed by atoms with Crippen molar-refractivity contribution in [3.05, 3.63) is 11.1 Å². The van der Waals surface area contributed by atoms with Crippen molar-refractivity contribution in [2.24, 2.45) is 0 Å². The van der Waals surface area contributed by atoms with E-state index in [4.69, 9.17) is 11.6 Å². The smallest absolute Gasteiger partial charge is 0.267 e. The molecule has 4 nitrogen and oxygen atoms in total. The van der Waals surface area contributed by atoms with Crippen LogP contribution in [0, 0.1) is 0 Å². The average molecular weight is 234 g/mol. The van der Waals surface area contributed by atoms with E-state index >= 15 is 0 Å². The highest BCUT2D eigenvalue weighted by molar-refractivity contribution is 7.07. The zero-order chi connectivity index (χ0) is 10.6. The van der Waals surface area contributed by atoms with E-state index in [-0.39, 0.29) is 11.9 Å². The number of hydrogen-bond donors (Lipinski definition) is 0. The molecule has 0 atom stereocenters. The van der Waals surface area contributed by atoms with Gasteiger partial charge in [-0.15, -0.1) is 16.7 Å². The van der Waals surface area contributed by atoms with Gasteiger partial charge in [-0.1, -0.05) is 4.49 Å². The maximum absolute atomic E-state index is 11.8. The van der Waals surface area contributed by atoms with Crippen LogP contribution in [0.4, 0.5) is 0 Å². The average Bonchev–Trinajstić information content (AvgIpc) is 2.65. The molecule has 0 aliphatic rings. The van der Waals surface area contributed by atoms with Crippen LogP contribution in [0.3, 0.4) is 0 Å². The monoisotopic (exact) mass is 233 g/mol. The Morgan fingerprint density at radius 1 is 1.71 bits per heavy atom. The van der Waals surface area contributed by atoms with Gasteiger partial charge in [0.2, 0.25) is 0 Å². The summed E-state index contributed by atoms with van der Waals surface area (Å²) in [6.07, 6.45) is 1.48. The third-order valence-electron chi connectivity index (χ3n) is 1.78. The fraction of sp³-hybridized carbons (Fsp3) is 0.625. The Labute approximate surface area is 92.0 Å². The number of amides is 1. The summed E-state index contributed by atoms with van der Waals surface area (Å²) in [6.45, 7) is 4.47. The Morgan fingerprint density at radius 2 is 2.43 bits per heavy atom. The minimum Gasteiger partial charge on any atom is -0.334 e. The van der Waals surface area contributed by atoms with Crippen LogP contribution >= 0.6 is 23.1 Å². The van der Waals surface area contributed by atoms with Crippen LogP contribution in [0.1, 0.15) is 23.5 Å². The van der Waals surface area contributed by atoms with Crippen molar-refractivity contribution >= 4 is 29.0 Å². The fourth-order valence-corrected chi connectivity index (χ4v) is 1.74. The first-order valence-electron chi connectivity index (χ1n) is 4.31. The molecule has 0 spiro atoms. The molecule has 0 saturated carbocycles. The quantitative estimate of drug-likeness (QED) is 0.743. The number of rotatable bonds is 4. The first kappa shape index (κ1) is 11.4. The lowest BCUT2D eigenvalue weighted by molar-refractivity contribution is 0.0723. The van der Waals surface area contributed by atoms with Crippen LogP contribution in [-0.4, -0.2) is 38.9 Å². The number of carbonyl (C=O) groups is 1. The molecular formula is C8H12ClN3OS. The predicted octanol–water partition coefficient (Wildman–Crippen LogP) is 1.63. The summed E-state index contributed by atoms with van der Waals surface area (Å²) in [7, 11) is 0. The van der Waals surface area contributed by atoms with Gasteiger partial charge in [0.15, 0.2) is 0 Å². The summed E-state index contributed by atoms with van der Waals surface area (Å²) in [6, 6.07) is 0.142. The van der Waals surface area contributed by atoms with Crippen molar-refractivity contribution in [1.29, 1.82) is 0 Å². The standard InChI is InChI=1S/C8H12ClN3OS/c1-6(2)12(4-3-9)8(13)7-5-10-11-14-7/h5-6H,3-4H2,1-2H3. The van der Waals surface area contributed by atoms with Gasteiger partial charge in [-0.05, 0) is 25.4 Å². The van der Waals surface area contributed by atoms with E-state index in [1.54, 1.807) is 4.90 Å². The van der Waals surface area contributed by atoms with E-state index in [0.29, 0.717) is 17.3 Å². The van der Waals surface area contributed by atoms with E-state index in [1.165, 1.54) is 6.20 Å². The van der Waals surface area contributed by atoms with E-state index in [2.05, 4.69) is 9.59 Å². The summed E-state index contributed by atoms with van der Waals surface area (Å²) >= 11 is 6.73. The molecule has 0 bridgehead atoms. The van der Waals surface area contributed by atoms with Crippen molar-refractivity contribution in [1.82, 2.24) is 14.5 Å². The maximum Gasteiger partial charge on any atom is 0.267 e. The molecule has 0 aliphatic heterocycles.